The lowest BCUT2D eigenvalue weighted by atomic mass is 10.0. The average Bonchev–Trinajstić information content (AvgIpc) is 2.73. The largest absolute Gasteiger partial charge is 0.381 e. The van der Waals surface area contributed by atoms with Gasteiger partial charge in [0.2, 0.25) is 0 Å². The molecule has 0 aliphatic heterocycles. The van der Waals surface area contributed by atoms with E-state index in [-0.39, 0.29) is 0 Å². The second-order valence-electron chi connectivity index (χ2n) is 6.41. The van der Waals surface area contributed by atoms with E-state index in [4.69, 9.17) is 0 Å². The summed E-state index contributed by atoms with van der Waals surface area (Å²) in [6, 6.07) is 33.9. The van der Waals surface area contributed by atoms with Crippen LogP contribution in [0.4, 0.5) is 0 Å². The van der Waals surface area contributed by atoms with Crippen molar-refractivity contribution in [1.82, 2.24) is 5.32 Å². The van der Waals surface area contributed by atoms with Crippen LogP contribution in [0, 0.1) is 0 Å². The van der Waals surface area contributed by atoms with Crippen molar-refractivity contribution in [2.24, 2.45) is 0 Å². The molecule has 0 atom stereocenters. The highest BCUT2D eigenvalue weighted by atomic mass is 14.9. The van der Waals surface area contributed by atoms with Gasteiger partial charge >= 0.3 is 0 Å². The van der Waals surface area contributed by atoms with Gasteiger partial charge in [0.15, 0.2) is 0 Å². The molecule has 126 valence electrons. The summed E-state index contributed by atoms with van der Waals surface area (Å²) in [7, 11) is 0. The molecule has 4 aromatic carbocycles. The summed E-state index contributed by atoms with van der Waals surface area (Å²) in [5, 5.41) is 6.03. The van der Waals surface area contributed by atoms with Gasteiger partial charge in [-0.1, -0.05) is 104 Å². The Morgan fingerprint density at radius 1 is 0.654 bits per heavy atom. The second kappa shape index (κ2) is 7.28. The van der Waals surface area contributed by atoms with Gasteiger partial charge in [0, 0.05) is 12.2 Å². The molecule has 0 heterocycles. The van der Waals surface area contributed by atoms with Crippen LogP contribution in [0.5, 0.6) is 0 Å². The minimum Gasteiger partial charge on any atom is -0.381 e. The van der Waals surface area contributed by atoms with Crippen LogP contribution in [0.1, 0.15) is 11.1 Å². The number of rotatable bonds is 5. The maximum absolute atomic E-state index is 4.21. The third-order valence-electron chi connectivity index (χ3n) is 4.71. The minimum absolute atomic E-state index is 0.765. The Morgan fingerprint density at radius 3 is 2.12 bits per heavy atom. The number of hydrogen-bond donors (Lipinski definition) is 1. The summed E-state index contributed by atoms with van der Waals surface area (Å²) < 4.78 is 0. The first kappa shape index (κ1) is 16.2. The molecule has 0 aromatic heterocycles. The van der Waals surface area contributed by atoms with Crippen molar-refractivity contribution in [3.05, 3.63) is 115 Å². The first-order valence-corrected chi connectivity index (χ1v) is 8.86. The van der Waals surface area contributed by atoms with Gasteiger partial charge in [0.05, 0.1) is 0 Å². The molecule has 0 fully saturated rings. The van der Waals surface area contributed by atoms with Crippen LogP contribution in [0.2, 0.25) is 0 Å². The Kier molecular flexibility index (Phi) is 4.53. The molecule has 0 aliphatic carbocycles. The van der Waals surface area contributed by atoms with Crippen LogP contribution in [-0.2, 0) is 6.54 Å². The van der Waals surface area contributed by atoms with Crippen molar-refractivity contribution in [3.8, 4) is 11.1 Å². The van der Waals surface area contributed by atoms with E-state index in [1.54, 1.807) is 0 Å². The first-order valence-electron chi connectivity index (χ1n) is 8.86. The SMILES string of the molecule is C=C(NCc1cccc2ccccc12)c1ccc(-c2ccccc2)cc1. The zero-order valence-corrected chi connectivity index (χ0v) is 14.7. The Labute approximate surface area is 154 Å². The predicted molar refractivity (Wildman–Crippen MR) is 112 cm³/mol. The van der Waals surface area contributed by atoms with E-state index in [9.17, 15) is 0 Å². The normalized spacial score (nSPS) is 10.6. The molecule has 4 rings (SSSR count). The Balaban J connectivity index is 1.48. The van der Waals surface area contributed by atoms with Gasteiger partial charge in [-0.05, 0) is 33.0 Å². The van der Waals surface area contributed by atoms with Gasteiger partial charge in [0.25, 0.3) is 0 Å². The molecule has 1 heteroatoms. The standard InChI is InChI=1S/C25H21N/c1-19(20-14-16-22(17-15-20)21-8-3-2-4-9-21)26-18-24-12-7-11-23-10-5-6-13-25(23)24/h2-17,26H,1,18H2. The molecule has 1 N–H and O–H groups in total. The summed E-state index contributed by atoms with van der Waals surface area (Å²) in [6.45, 7) is 4.98. The van der Waals surface area contributed by atoms with Gasteiger partial charge in [0.1, 0.15) is 0 Å². The quantitative estimate of drug-likeness (QED) is 0.453. The fraction of sp³-hybridized carbons (Fsp3) is 0.0400. The van der Waals surface area contributed by atoms with Gasteiger partial charge in [-0.3, -0.25) is 0 Å². The molecule has 0 saturated carbocycles. The van der Waals surface area contributed by atoms with Gasteiger partial charge in [-0.15, -0.1) is 0 Å². The van der Waals surface area contributed by atoms with E-state index in [0.29, 0.717) is 0 Å². The number of nitrogens with one attached hydrogen (secondary N) is 1. The van der Waals surface area contributed by atoms with Crippen LogP contribution in [-0.4, -0.2) is 0 Å². The lowest BCUT2D eigenvalue weighted by Crippen LogP contribution is -2.11. The third-order valence-corrected chi connectivity index (χ3v) is 4.71. The van der Waals surface area contributed by atoms with Crippen molar-refractivity contribution < 1.29 is 0 Å². The fourth-order valence-electron chi connectivity index (χ4n) is 3.25. The van der Waals surface area contributed by atoms with E-state index in [1.807, 2.05) is 6.07 Å². The second-order valence-corrected chi connectivity index (χ2v) is 6.41. The fourth-order valence-corrected chi connectivity index (χ4v) is 3.25. The van der Waals surface area contributed by atoms with Crippen molar-refractivity contribution >= 4 is 16.5 Å². The van der Waals surface area contributed by atoms with Crippen LogP contribution in [0.15, 0.2) is 104 Å². The molecule has 1 nitrogen and oxygen atoms in total. The zero-order valence-electron chi connectivity index (χ0n) is 14.7. The smallest absolute Gasteiger partial charge is 0.0406 e. The zero-order chi connectivity index (χ0) is 17.8. The highest BCUT2D eigenvalue weighted by Crippen LogP contribution is 2.22. The van der Waals surface area contributed by atoms with E-state index in [1.165, 1.54) is 27.5 Å². The summed E-state index contributed by atoms with van der Waals surface area (Å²) in [5.74, 6) is 0. The molecule has 0 saturated heterocycles. The van der Waals surface area contributed by atoms with Crippen LogP contribution in [0.3, 0.4) is 0 Å². The maximum Gasteiger partial charge on any atom is 0.0406 e. The molecule has 0 spiro atoms. The molecule has 0 unspecified atom stereocenters. The minimum atomic E-state index is 0.765. The molecule has 0 bridgehead atoms. The molecular formula is C25H21N. The van der Waals surface area contributed by atoms with Gasteiger partial charge in [-0.2, -0.15) is 0 Å². The maximum atomic E-state index is 4.21. The molecule has 26 heavy (non-hydrogen) atoms. The average molecular weight is 335 g/mol. The Bertz CT molecular complexity index is 1030. The summed E-state index contributed by atoms with van der Waals surface area (Å²) >= 11 is 0. The highest BCUT2D eigenvalue weighted by Gasteiger charge is 2.03. The van der Waals surface area contributed by atoms with Crippen molar-refractivity contribution in [2.45, 2.75) is 6.54 Å². The Morgan fingerprint density at radius 2 is 1.31 bits per heavy atom. The summed E-state index contributed by atoms with van der Waals surface area (Å²) in [4.78, 5) is 0. The number of benzene rings is 4. The van der Waals surface area contributed by atoms with Crippen LogP contribution in [0.25, 0.3) is 27.6 Å². The third kappa shape index (κ3) is 3.38. The summed E-state index contributed by atoms with van der Waals surface area (Å²) in [5.41, 5.74) is 5.79. The van der Waals surface area contributed by atoms with Gasteiger partial charge < -0.3 is 5.32 Å². The molecule has 0 radical (unpaired) electrons. The lowest BCUT2D eigenvalue weighted by molar-refractivity contribution is 0.899. The van der Waals surface area contributed by atoms with E-state index in [0.717, 1.165) is 17.8 Å². The number of fused-ring (bicyclic) bond motifs is 1. The van der Waals surface area contributed by atoms with Crippen molar-refractivity contribution in [3.63, 3.8) is 0 Å². The predicted octanol–water partition coefficient (Wildman–Crippen LogP) is 6.27. The molecule has 0 aliphatic rings. The topological polar surface area (TPSA) is 12.0 Å². The lowest BCUT2D eigenvalue weighted by Gasteiger charge is -2.12. The monoisotopic (exact) mass is 335 g/mol. The summed E-state index contributed by atoms with van der Waals surface area (Å²) in [6.07, 6.45) is 0. The molecule has 0 amide bonds. The van der Waals surface area contributed by atoms with Crippen LogP contribution < -0.4 is 5.32 Å². The molecule has 4 aromatic rings. The van der Waals surface area contributed by atoms with Gasteiger partial charge in [-0.25, -0.2) is 0 Å². The van der Waals surface area contributed by atoms with E-state index >= 15 is 0 Å². The van der Waals surface area contributed by atoms with Crippen molar-refractivity contribution in [1.29, 1.82) is 0 Å². The first-order chi connectivity index (χ1) is 12.8. The molecular weight excluding hydrogens is 314 g/mol. The van der Waals surface area contributed by atoms with Crippen LogP contribution >= 0.6 is 0 Å². The highest BCUT2D eigenvalue weighted by molar-refractivity contribution is 5.85. The van der Waals surface area contributed by atoms with E-state index < -0.39 is 0 Å². The van der Waals surface area contributed by atoms with Crippen molar-refractivity contribution in [2.75, 3.05) is 0 Å². The number of hydrogen-bond acceptors (Lipinski definition) is 1. The van der Waals surface area contributed by atoms with E-state index in [2.05, 4.69) is 103 Å². The Hall–Kier alpha value is -3.32.